The van der Waals surface area contributed by atoms with Gasteiger partial charge in [0, 0.05) is 13.6 Å². The smallest absolute Gasteiger partial charge is 0.271 e. The normalized spacial score (nSPS) is 10.4. The first-order valence-electron chi connectivity index (χ1n) is 3.33. The maximum Gasteiger partial charge on any atom is 0.271 e. The number of rotatable bonds is 2. The van der Waals surface area contributed by atoms with Crippen molar-refractivity contribution in [2.24, 2.45) is 0 Å². The van der Waals surface area contributed by atoms with Crippen LogP contribution in [0.25, 0.3) is 0 Å². The van der Waals surface area contributed by atoms with Crippen LogP contribution < -0.4 is 15.8 Å². The molecule has 0 aliphatic rings. The molecule has 0 saturated heterocycles. The minimum atomic E-state index is -0.777. The summed E-state index contributed by atoms with van der Waals surface area (Å²) >= 11 is 0. The van der Waals surface area contributed by atoms with Crippen LogP contribution in [0.15, 0.2) is 9.59 Å². The Labute approximate surface area is 63.4 Å². The molecule has 0 radical (unpaired) electrons. The topological polar surface area (TPSA) is 57.6 Å². The van der Waals surface area contributed by atoms with Gasteiger partial charge in [0.1, 0.15) is 5.69 Å². The summed E-state index contributed by atoms with van der Waals surface area (Å²) in [5.74, 6) is -0.403. The Morgan fingerprint density at radius 3 is 2.27 bits per heavy atom. The van der Waals surface area contributed by atoms with Crippen molar-refractivity contribution in [3.05, 3.63) is 20.4 Å². The Morgan fingerprint density at radius 2 is 1.91 bits per heavy atom. The molecule has 4 nitrogen and oxygen atoms in total. The average Bonchev–Trinajstić information content (AvgIpc) is 2.04. The van der Waals surface area contributed by atoms with Gasteiger partial charge in [-0.15, -0.1) is 0 Å². The number of aromatic hydroxyl groups is 1. The molecule has 0 atom stereocenters. The van der Waals surface area contributed by atoms with Crippen molar-refractivity contribution >= 4 is 5.69 Å². The van der Waals surface area contributed by atoms with E-state index in [0.717, 1.165) is 0 Å². The Hall–Kier alpha value is -1.32. The monoisotopic (exact) mass is 155 g/mol. The number of anilines is 1. The standard InChI is InChI=1S/C7H9NO3/c1-3-8(2)4-5(9)7(11)6(4)10/h9H,3H2,1-2H3. The van der Waals surface area contributed by atoms with Crippen LogP contribution in [0.3, 0.4) is 0 Å². The second kappa shape index (κ2) is 2.38. The van der Waals surface area contributed by atoms with Crippen molar-refractivity contribution < 1.29 is 5.11 Å². The summed E-state index contributed by atoms with van der Waals surface area (Å²) in [7, 11) is 1.65. The van der Waals surface area contributed by atoms with Gasteiger partial charge in [-0.3, -0.25) is 9.59 Å². The molecule has 1 aromatic carbocycles. The van der Waals surface area contributed by atoms with Crippen molar-refractivity contribution in [1.82, 2.24) is 0 Å². The summed E-state index contributed by atoms with van der Waals surface area (Å²) < 4.78 is 0. The summed E-state index contributed by atoms with van der Waals surface area (Å²) in [6.45, 7) is 2.43. The van der Waals surface area contributed by atoms with Gasteiger partial charge in [-0.25, -0.2) is 0 Å². The molecular weight excluding hydrogens is 146 g/mol. The summed E-state index contributed by atoms with van der Waals surface area (Å²) in [5.41, 5.74) is -1.23. The van der Waals surface area contributed by atoms with E-state index in [0.29, 0.717) is 6.54 Å². The van der Waals surface area contributed by atoms with Crippen molar-refractivity contribution in [3.63, 3.8) is 0 Å². The van der Waals surface area contributed by atoms with Gasteiger partial charge in [-0.1, -0.05) is 0 Å². The second-order valence-corrected chi connectivity index (χ2v) is 2.37. The third-order valence-corrected chi connectivity index (χ3v) is 1.72. The molecule has 0 aliphatic carbocycles. The zero-order valence-electron chi connectivity index (χ0n) is 6.42. The average molecular weight is 155 g/mol. The molecule has 0 aliphatic heterocycles. The zero-order valence-corrected chi connectivity index (χ0v) is 6.42. The molecule has 1 N–H and O–H groups in total. The molecule has 60 valence electrons. The fraction of sp³-hybridized carbons (Fsp3) is 0.429. The summed E-state index contributed by atoms with van der Waals surface area (Å²) in [6, 6.07) is 0. The lowest BCUT2D eigenvalue weighted by Crippen LogP contribution is -2.37. The van der Waals surface area contributed by atoms with E-state index in [1.54, 1.807) is 11.9 Å². The minimum absolute atomic E-state index is 0.137. The molecule has 0 fully saturated rings. The molecule has 0 aromatic heterocycles. The molecule has 0 heterocycles. The first-order valence-corrected chi connectivity index (χ1v) is 3.33. The fourth-order valence-electron chi connectivity index (χ4n) is 0.880. The van der Waals surface area contributed by atoms with Crippen LogP contribution in [0.4, 0.5) is 5.69 Å². The van der Waals surface area contributed by atoms with E-state index in [4.69, 9.17) is 5.11 Å². The predicted molar refractivity (Wildman–Crippen MR) is 42.0 cm³/mol. The lowest BCUT2D eigenvalue weighted by molar-refractivity contribution is 0.462. The molecule has 4 heteroatoms. The summed E-state index contributed by atoms with van der Waals surface area (Å²) in [6.07, 6.45) is 0. The van der Waals surface area contributed by atoms with Crippen LogP contribution in [0.5, 0.6) is 5.75 Å². The van der Waals surface area contributed by atoms with Gasteiger partial charge >= 0.3 is 0 Å². The van der Waals surface area contributed by atoms with Gasteiger partial charge < -0.3 is 10.0 Å². The highest BCUT2D eigenvalue weighted by Crippen LogP contribution is 2.18. The van der Waals surface area contributed by atoms with Gasteiger partial charge in [0.2, 0.25) is 0 Å². The van der Waals surface area contributed by atoms with E-state index < -0.39 is 16.6 Å². The number of hydrogen-bond acceptors (Lipinski definition) is 4. The van der Waals surface area contributed by atoms with Gasteiger partial charge in [0.15, 0.2) is 5.75 Å². The molecule has 0 saturated carbocycles. The SMILES string of the molecule is CCN(C)c1c(O)c(=O)c1=O. The molecule has 1 aromatic rings. The lowest BCUT2D eigenvalue weighted by Gasteiger charge is -2.17. The molecule has 0 amide bonds. The predicted octanol–water partition coefficient (Wildman–Crippen LogP) is -0.556. The number of nitrogens with zero attached hydrogens (tertiary/aromatic N) is 1. The van der Waals surface area contributed by atoms with Crippen LogP contribution in [-0.2, 0) is 0 Å². The van der Waals surface area contributed by atoms with Crippen LogP contribution >= 0.6 is 0 Å². The first kappa shape index (κ1) is 7.78. The molecule has 11 heavy (non-hydrogen) atoms. The van der Waals surface area contributed by atoms with Gasteiger partial charge in [-0.2, -0.15) is 0 Å². The lowest BCUT2D eigenvalue weighted by atomic mass is 10.2. The van der Waals surface area contributed by atoms with Crippen molar-refractivity contribution in [2.75, 3.05) is 18.5 Å². The molecule has 0 bridgehead atoms. The van der Waals surface area contributed by atoms with Crippen LogP contribution in [0, 0.1) is 0 Å². The van der Waals surface area contributed by atoms with Gasteiger partial charge in [-0.05, 0) is 6.92 Å². The third kappa shape index (κ3) is 0.906. The molecule has 0 spiro atoms. The van der Waals surface area contributed by atoms with E-state index in [1.165, 1.54) is 0 Å². The summed E-state index contributed by atoms with van der Waals surface area (Å²) in [4.78, 5) is 22.8. The highest BCUT2D eigenvalue weighted by atomic mass is 16.3. The largest absolute Gasteiger partial charge is 0.502 e. The Kier molecular flexibility index (Phi) is 1.68. The van der Waals surface area contributed by atoms with Crippen LogP contribution in [0.1, 0.15) is 6.92 Å². The van der Waals surface area contributed by atoms with E-state index in [9.17, 15) is 9.59 Å². The Balaban J connectivity index is 3.09. The van der Waals surface area contributed by atoms with E-state index in [2.05, 4.69) is 0 Å². The van der Waals surface area contributed by atoms with E-state index in [-0.39, 0.29) is 5.69 Å². The summed E-state index contributed by atoms with van der Waals surface area (Å²) in [5, 5.41) is 8.92. The zero-order chi connectivity index (χ0) is 8.59. The third-order valence-electron chi connectivity index (χ3n) is 1.72. The minimum Gasteiger partial charge on any atom is -0.502 e. The fourth-order valence-corrected chi connectivity index (χ4v) is 0.880. The van der Waals surface area contributed by atoms with Crippen LogP contribution in [-0.4, -0.2) is 18.7 Å². The van der Waals surface area contributed by atoms with Gasteiger partial charge in [0.05, 0.1) is 0 Å². The highest BCUT2D eigenvalue weighted by Gasteiger charge is 2.22. The molecular formula is C7H9NO3. The second-order valence-electron chi connectivity index (χ2n) is 2.37. The maximum atomic E-state index is 10.8. The van der Waals surface area contributed by atoms with E-state index in [1.807, 2.05) is 6.92 Å². The van der Waals surface area contributed by atoms with Crippen LogP contribution in [0.2, 0.25) is 0 Å². The van der Waals surface area contributed by atoms with Gasteiger partial charge in [0.25, 0.3) is 10.9 Å². The highest BCUT2D eigenvalue weighted by molar-refractivity contribution is 5.62. The van der Waals surface area contributed by atoms with E-state index >= 15 is 0 Å². The number of hydrogen-bond donors (Lipinski definition) is 1. The maximum absolute atomic E-state index is 10.8. The van der Waals surface area contributed by atoms with Crippen molar-refractivity contribution in [1.29, 1.82) is 0 Å². The quantitative estimate of drug-likeness (QED) is 0.582. The molecule has 0 unspecified atom stereocenters. The Morgan fingerprint density at radius 1 is 1.36 bits per heavy atom. The van der Waals surface area contributed by atoms with Crippen molar-refractivity contribution in [2.45, 2.75) is 6.92 Å². The van der Waals surface area contributed by atoms with Crippen molar-refractivity contribution in [3.8, 4) is 5.75 Å². The molecule has 1 rings (SSSR count). The Bertz CT molecular complexity index is 335. The first-order chi connectivity index (χ1) is 5.09.